The number of hydrogen-bond acceptors (Lipinski definition) is 3. The van der Waals surface area contributed by atoms with Crippen molar-refractivity contribution >= 4 is 11.6 Å². The quantitative estimate of drug-likeness (QED) is 0.552. The first-order chi connectivity index (χ1) is 15.0. The summed E-state index contributed by atoms with van der Waals surface area (Å²) in [6.07, 6.45) is 1.05. The first kappa shape index (κ1) is 19.5. The number of carbonyl (C=O) groups is 1. The highest BCUT2D eigenvalue weighted by Gasteiger charge is 2.32. The first-order valence-electron chi connectivity index (χ1n) is 9.95. The van der Waals surface area contributed by atoms with E-state index in [1.54, 1.807) is 42.5 Å². The molecule has 4 nitrogen and oxygen atoms in total. The van der Waals surface area contributed by atoms with Crippen molar-refractivity contribution in [2.75, 3.05) is 5.32 Å². The molecule has 0 radical (unpaired) electrons. The molecular weight excluding hydrogens is 407 g/mol. The smallest absolute Gasteiger partial charge is 0.387 e. The fourth-order valence-electron chi connectivity index (χ4n) is 3.85. The highest BCUT2D eigenvalue weighted by Crippen LogP contribution is 2.50. The van der Waals surface area contributed by atoms with Gasteiger partial charge in [0.25, 0.3) is 0 Å². The van der Waals surface area contributed by atoms with E-state index in [9.17, 15) is 18.0 Å². The largest absolute Gasteiger partial charge is 0.480 e. The number of carbonyl (C=O) groups excluding carboxylic acids is 1. The molecule has 1 fully saturated rings. The van der Waals surface area contributed by atoms with Crippen LogP contribution in [-0.2, 0) is 4.79 Å². The Hall–Kier alpha value is -3.48. The summed E-state index contributed by atoms with van der Waals surface area (Å²) in [6.45, 7) is -2.99. The summed E-state index contributed by atoms with van der Waals surface area (Å²) in [5.41, 5.74) is 2.77. The lowest BCUT2D eigenvalue weighted by molar-refractivity contribution is -0.117. The van der Waals surface area contributed by atoms with Crippen LogP contribution in [0.1, 0.15) is 30.1 Å². The highest BCUT2D eigenvalue weighted by molar-refractivity contribution is 5.95. The molecule has 0 aromatic heterocycles. The molecule has 31 heavy (non-hydrogen) atoms. The minimum absolute atomic E-state index is 0.0128. The Morgan fingerprint density at radius 1 is 1.06 bits per heavy atom. The van der Waals surface area contributed by atoms with Crippen molar-refractivity contribution in [3.63, 3.8) is 0 Å². The molecular formula is C24H18F3NO3. The standard InChI is InChI=1S/C24H18F3NO3/c25-15-4-1-3-14(11-15)22-18-12-16(28-23(29)13-7-8-13)9-10-17(18)21-19(30-22)5-2-6-20(21)31-24(26)27/h1-6,9-13,22,24H,7-8H2,(H,28,29). The average molecular weight is 425 g/mol. The van der Waals surface area contributed by atoms with E-state index in [-0.39, 0.29) is 17.6 Å². The lowest BCUT2D eigenvalue weighted by atomic mass is 9.88. The van der Waals surface area contributed by atoms with E-state index in [2.05, 4.69) is 5.32 Å². The zero-order chi connectivity index (χ0) is 21.5. The van der Waals surface area contributed by atoms with Crippen LogP contribution in [0.25, 0.3) is 11.1 Å². The lowest BCUT2D eigenvalue weighted by Gasteiger charge is -2.30. The van der Waals surface area contributed by atoms with Crippen LogP contribution < -0.4 is 14.8 Å². The Kier molecular flexibility index (Phi) is 4.81. The van der Waals surface area contributed by atoms with Crippen LogP contribution in [0, 0.1) is 11.7 Å². The van der Waals surface area contributed by atoms with E-state index in [1.807, 2.05) is 0 Å². The molecule has 5 rings (SSSR count). The van der Waals surface area contributed by atoms with Crippen LogP contribution in [0.5, 0.6) is 11.5 Å². The molecule has 0 bridgehead atoms. The Balaban J connectivity index is 1.63. The Morgan fingerprint density at radius 2 is 1.87 bits per heavy atom. The van der Waals surface area contributed by atoms with Crippen LogP contribution in [-0.4, -0.2) is 12.5 Å². The molecule has 1 atom stereocenters. The maximum atomic E-state index is 13.9. The first-order valence-corrected chi connectivity index (χ1v) is 9.95. The van der Waals surface area contributed by atoms with Gasteiger partial charge in [0.1, 0.15) is 23.4 Å². The van der Waals surface area contributed by atoms with Crippen molar-refractivity contribution in [3.05, 3.63) is 77.6 Å². The van der Waals surface area contributed by atoms with Crippen LogP contribution in [0.4, 0.5) is 18.9 Å². The molecule has 3 aromatic rings. The number of alkyl halides is 2. The predicted molar refractivity (Wildman–Crippen MR) is 109 cm³/mol. The summed E-state index contributed by atoms with van der Waals surface area (Å²) in [6, 6.07) is 15.9. The van der Waals surface area contributed by atoms with E-state index in [0.717, 1.165) is 12.8 Å². The monoisotopic (exact) mass is 425 g/mol. The van der Waals surface area contributed by atoms with Crippen LogP contribution in [0.2, 0.25) is 0 Å². The van der Waals surface area contributed by atoms with Crippen molar-refractivity contribution in [1.82, 2.24) is 0 Å². The molecule has 1 saturated carbocycles. The Bertz CT molecular complexity index is 1160. The number of hydrogen-bond donors (Lipinski definition) is 1. The van der Waals surface area contributed by atoms with Gasteiger partial charge in [0, 0.05) is 17.2 Å². The summed E-state index contributed by atoms with van der Waals surface area (Å²) < 4.78 is 50.8. The summed E-state index contributed by atoms with van der Waals surface area (Å²) in [4.78, 5) is 12.2. The number of halogens is 3. The molecule has 1 heterocycles. The van der Waals surface area contributed by atoms with Crippen molar-refractivity contribution in [3.8, 4) is 22.6 Å². The fourth-order valence-corrected chi connectivity index (χ4v) is 3.85. The fraction of sp³-hybridized carbons (Fsp3) is 0.208. The van der Waals surface area contributed by atoms with Gasteiger partial charge in [0.15, 0.2) is 0 Å². The number of ether oxygens (including phenoxy) is 2. The lowest BCUT2D eigenvalue weighted by Crippen LogP contribution is -2.18. The molecule has 7 heteroatoms. The third-order valence-corrected chi connectivity index (χ3v) is 5.42. The third-order valence-electron chi connectivity index (χ3n) is 5.42. The van der Waals surface area contributed by atoms with Crippen molar-refractivity contribution < 1.29 is 27.4 Å². The van der Waals surface area contributed by atoms with Crippen LogP contribution >= 0.6 is 0 Å². The molecule has 0 spiro atoms. The second-order valence-corrected chi connectivity index (χ2v) is 7.63. The predicted octanol–water partition coefficient (Wildman–Crippen LogP) is 5.92. The van der Waals surface area contributed by atoms with Crippen LogP contribution in [0.3, 0.4) is 0 Å². The van der Waals surface area contributed by atoms with Gasteiger partial charge in [-0.3, -0.25) is 4.79 Å². The van der Waals surface area contributed by atoms with Gasteiger partial charge < -0.3 is 14.8 Å². The Morgan fingerprint density at radius 3 is 2.61 bits per heavy atom. The van der Waals surface area contributed by atoms with Gasteiger partial charge in [0.2, 0.25) is 5.91 Å². The zero-order valence-corrected chi connectivity index (χ0v) is 16.3. The summed E-state index contributed by atoms with van der Waals surface area (Å²) >= 11 is 0. The van der Waals surface area contributed by atoms with E-state index < -0.39 is 18.5 Å². The van der Waals surface area contributed by atoms with E-state index in [0.29, 0.717) is 33.7 Å². The van der Waals surface area contributed by atoms with Gasteiger partial charge in [-0.05, 0) is 60.4 Å². The van der Waals surface area contributed by atoms with Crippen molar-refractivity contribution in [2.24, 2.45) is 5.92 Å². The van der Waals surface area contributed by atoms with Gasteiger partial charge >= 0.3 is 6.61 Å². The van der Waals surface area contributed by atoms with Gasteiger partial charge in [-0.2, -0.15) is 8.78 Å². The number of benzene rings is 3. The number of nitrogens with one attached hydrogen (secondary N) is 1. The van der Waals surface area contributed by atoms with Crippen LogP contribution in [0.15, 0.2) is 60.7 Å². The summed E-state index contributed by atoms with van der Waals surface area (Å²) in [7, 11) is 0. The highest BCUT2D eigenvalue weighted by atomic mass is 19.3. The minimum Gasteiger partial charge on any atom is -0.480 e. The summed E-state index contributed by atoms with van der Waals surface area (Å²) in [5, 5.41) is 2.89. The molecule has 1 aliphatic heterocycles. The van der Waals surface area contributed by atoms with Gasteiger partial charge in [0.05, 0.1) is 5.56 Å². The minimum atomic E-state index is -2.99. The van der Waals surface area contributed by atoms with Crippen molar-refractivity contribution in [2.45, 2.75) is 25.6 Å². The normalized spacial score (nSPS) is 16.8. The number of rotatable bonds is 5. The third kappa shape index (κ3) is 3.83. The second-order valence-electron chi connectivity index (χ2n) is 7.63. The van der Waals surface area contributed by atoms with E-state index in [1.165, 1.54) is 18.2 Å². The molecule has 1 amide bonds. The molecule has 3 aromatic carbocycles. The van der Waals surface area contributed by atoms with Gasteiger partial charge in [-0.25, -0.2) is 4.39 Å². The van der Waals surface area contributed by atoms with E-state index in [4.69, 9.17) is 9.47 Å². The van der Waals surface area contributed by atoms with Gasteiger partial charge in [-0.1, -0.05) is 24.3 Å². The second kappa shape index (κ2) is 7.65. The molecule has 1 unspecified atom stereocenters. The molecule has 2 aliphatic rings. The SMILES string of the molecule is O=C(Nc1ccc2c(c1)C(c1cccc(F)c1)Oc1cccc(OC(F)F)c1-2)C1CC1. The molecule has 0 saturated heterocycles. The topological polar surface area (TPSA) is 47.6 Å². The molecule has 1 aliphatic carbocycles. The van der Waals surface area contributed by atoms with Crippen molar-refractivity contribution in [1.29, 1.82) is 0 Å². The maximum Gasteiger partial charge on any atom is 0.387 e. The number of amides is 1. The van der Waals surface area contributed by atoms with Gasteiger partial charge in [-0.15, -0.1) is 0 Å². The number of fused-ring (bicyclic) bond motifs is 3. The Labute approximate surface area is 176 Å². The summed E-state index contributed by atoms with van der Waals surface area (Å²) in [5.74, 6) is -0.100. The molecule has 158 valence electrons. The zero-order valence-electron chi connectivity index (χ0n) is 16.3. The average Bonchev–Trinajstić information content (AvgIpc) is 3.58. The van der Waals surface area contributed by atoms with E-state index >= 15 is 0 Å². The molecule has 1 N–H and O–H groups in total. The number of anilines is 1. The maximum absolute atomic E-state index is 13.9.